The smallest absolute Gasteiger partial charge is 0.254 e. The molecule has 0 radical (unpaired) electrons. The summed E-state index contributed by atoms with van der Waals surface area (Å²) in [5.41, 5.74) is 0.835. The van der Waals surface area contributed by atoms with Crippen molar-refractivity contribution < 1.29 is 23.0 Å². The number of hydrogen-bond acceptors (Lipinski definition) is 7. The maximum absolute atomic E-state index is 13.6. The molecule has 1 aliphatic rings. The van der Waals surface area contributed by atoms with Crippen LogP contribution >= 0.6 is 0 Å². The summed E-state index contributed by atoms with van der Waals surface area (Å²) in [5.74, 6) is -0.407. The molecule has 11 heteroatoms. The fourth-order valence-corrected chi connectivity index (χ4v) is 3.54. The van der Waals surface area contributed by atoms with Crippen LogP contribution in [0.4, 0.5) is 8.78 Å². The Morgan fingerprint density at radius 2 is 1.66 bits per heavy atom. The van der Waals surface area contributed by atoms with Crippen LogP contribution in [0.5, 0.6) is 11.5 Å². The van der Waals surface area contributed by atoms with E-state index in [0.717, 1.165) is 12.1 Å². The summed E-state index contributed by atoms with van der Waals surface area (Å²) >= 11 is 0. The molecule has 0 saturated carbocycles. The van der Waals surface area contributed by atoms with E-state index in [4.69, 9.17) is 9.47 Å². The largest absolute Gasteiger partial charge is 0.497 e. The van der Waals surface area contributed by atoms with Crippen molar-refractivity contribution in [1.82, 2.24) is 30.0 Å². The Hall–Kier alpha value is -3.60. The maximum Gasteiger partial charge on any atom is 0.254 e. The first-order chi connectivity index (χ1) is 15.5. The molecular formula is C21H22F2N6O3. The van der Waals surface area contributed by atoms with Crippen molar-refractivity contribution in [2.45, 2.75) is 6.54 Å². The maximum atomic E-state index is 13.6. The molecule has 9 nitrogen and oxygen atoms in total. The predicted molar refractivity (Wildman–Crippen MR) is 110 cm³/mol. The van der Waals surface area contributed by atoms with Crippen molar-refractivity contribution >= 4 is 5.91 Å². The van der Waals surface area contributed by atoms with Crippen molar-refractivity contribution in [3.8, 4) is 17.2 Å². The minimum Gasteiger partial charge on any atom is -0.497 e. The highest BCUT2D eigenvalue weighted by atomic mass is 19.2. The number of benzene rings is 2. The van der Waals surface area contributed by atoms with E-state index in [9.17, 15) is 13.6 Å². The number of ether oxygens (including phenoxy) is 2. The number of carbonyl (C=O) groups excluding carboxylic acids is 1. The number of tetrazole rings is 1. The summed E-state index contributed by atoms with van der Waals surface area (Å²) < 4.78 is 38.7. The van der Waals surface area contributed by atoms with E-state index < -0.39 is 11.6 Å². The van der Waals surface area contributed by atoms with Gasteiger partial charge in [0.25, 0.3) is 5.91 Å². The summed E-state index contributed by atoms with van der Waals surface area (Å²) in [7, 11) is 3.07. The molecule has 168 valence electrons. The lowest BCUT2D eigenvalue weighted by molar-refractivity contribution is 0.0623. The van der Waals surface area contributed by atoms with Crippen LogP contribution in [-0.2, 0) is 6.54 Å². The SMILES string of the molecule is COc1cc(OC)cc(C(=O)N2CCN(Cc3nnnn3-c3ccc(F)c(F)c3)CC2)c1. The summed E-state index contributed by atoms with van der Waals surface area (Å²) in [4.78, 5) is 16.8. The Bertz CT molecular complexity index is 1090. The molecule has 1 saturated heterocycles. The van der Waals surface area contributed by atoms with Crippen molar-refractivity contribution in [2.75, 3.05) is 40.4 Å². The first-order valence-corrected chi connectivity index (χ1v) is 9.96. The molecule has 1 aromatic heterocycles. The summed E-state index contributed by atoms with van der Waals surface area (Å²) in [6.07, 6.45) is 0. The fraction of sp³-hybridized carbons (Fsp3) is 0.333. The van der Waals surface area contributed by atoms with Crippen molar-refractivity contribution in [2.24, 2.45) is 0 Å². The number of rotatable bonds is 6. The van der Waals surface area contributed by atoms with Gasteiger partial charge in [-0.25, -0.2) is 8.78 Å². The van der Waals surface area contributed by atoms with Crippen LogP contribution in [0.3, 0.4) is 0 Å². The van der Waals surface area contributed by atoms with Crippen LogP contribution in [0, 0.1) is 11.6 Å². The van der Waals surface area contributed by atoms with Gasteiger partial charge in [0.2, 0.25) is 0 Å². The van der Waals surface area contributed by atoms with Gasteiger partial charge in [-0.15, -0.1) is 5.10 Å². The molecule has 0 atom stereocenters. The highest BCUT2D eigenvalue weighted by molar-refractivity contribution is 5.95. The lowest BCUT2D eigenvalue weighted by Gasteiger charge is -2.34. The van der Waals surface area contributed by atoms with Crippen LogP contribution < -0.4 is 9.47 Å². The average molecular weight is 444 g/mol. The molecule has 0 N–H and O–H groups in total. The van der Waals surface area contributed by atoms with E-state index in [1.807, 2.05) is 0 Å². The van der Waals surface area contributed by atoms with Gasteiger partial charge in [0, 0.05) is 43.9 Å². The van der Waals surface area contributed by atoms with Gasteiger partial charge in [-0.2, -0.15) is 4.68 Å². The Kier molecular flexibility index (Phi) is 6.26. The van der Waals surface area contributed by atoms with E-state index in [2.05, 4.69) is 20.4 Å². The zero-order valence-corrected chi connectivity index (χ0v) is 17.7. The van der Waals surface area contributed by atoms with E-state index in [1.54, 1.807) is 23.1 Å². The van der Waals surface area contributed by atoms with Crippen molar-refractivity contribution in [3.63, 3.8) is 0 Å². The van der Waals surface area contributed by atoms with E-state index in [1.165, 1.54) is 25.0 Å². The number of aromatic nitrogens is 4. The lowest BCUT2D eigenvalue weighted by atomic mass is 10.1. The summed E-state index contributed by atoms with van der Waals surface area (Å²) in [6.45, 7) is 2.66. The molecule has 2 heterocycles. The fourth-order valence-electron chi connectivity index (χ4n) is 3.54. The standard InChI is InChI=1S/C21H22F2N6O3/c1-31-16-9-14(10-17(12-16)32-2)21(30)28-7-5-27(6-8-28)13-20-24-25-26-29(20)15-3-4-18(22)19(23)11-15/h3-4,9-12H,5-8,13H2,1-2H3. The first-order valence-electron chi connectivity index (χ1n) is 9.96. The molecule has 0 aliphatic carbocycles. The van der Waals surface area contributed by atoms with Crippen LogP contribution in [0.25, 0.3) is 5.69 Å². The second kappa shape index (κ2) is 9.27. The number of amides is 1. The second-order valence-electron chi connectivity index (χ2n) is 7.28. The Labute approximate surface area is 183 Å². The Morgan fingerprint density at radius 1 is 0.969 bits per heavy atom. The summed E-state index contributed by atoms with van der Waals surface area (Å²) in [6, 6.07) is 8.59. The van der Waals surface area contributed by atoms with Gasteiger partial charge >= 0.3 is 0 Å². The molecule has 4 rings (SSSR count). The number of halogens is 2. The van der Waals surface area contributed by atoms with Crippen molar-refractivity contribution in [3.05, 3.63) is 59.4 Å². The number of nitrogens with zero attached hydrogens (tertiary/aromatic N) is 6. The van der Waals surface area contributed by atoms with Crippen LogP contribution in [0.1, 0.15) is 16.2 Å². The Morgan fingerprint density at radius 3 is 2.28 bits per heavy atom. The van der Waals surface area contributed by atoms with Gasteiger partial charge in [0.05, 0.1) is 26.5 Å². The molecule has 0 bridgehead atoms. The van der Waals surface area contributed by atoms with Gasteiger partial charge in [0.15, 0.2) is 17.5 Å². The predicted octanol–water partition coefficient (Wildman–Crippen LogP) is 1.92. The summed E-state index contributed by atoms with van der Waals surface area (Å²) in [5, 5.41) is 11.6. The zero-order chi connectivity index (χ0) is 22.7. The van der Waals surface area contributed by atoms with Gasteiger partial charge < -0.3 is 14.4 Å². The third-order valence-corrected chi connectivity index (χ3v) is 5.30. The number of methoxy groups -OCH3 is 2. The molecule has 1 amide bonds. The van der Waals surface area contributed by atoms with Gasteiger partial charge in [-0.1, -0.05) is 0 Å². The quantitative estimate of drug-likeness (QED) is 0.574. The molecule has 32 heavy (non-hydrogen) atoms. The molecular weight excluding hydrogens is 422 g/mol. The number of carbonyl (C=O) groups is 1. The highest BCUT2D eigenvalue weighted by Crippen LogP contribution is 2.24. The van der Waals surface area contributed by atoms with E-state index >= 15 is 0 Å². The molecule has 2 aromatic carbocycles. The monoisotopic (exact) mass is 444 g/mol. The van der Waals surface area contributed by atoms with Crippen molar-refractivity contribution in [1.29, 1.82) is 0 Å². The van der Waals surface area contributed by atoms with Gasteiger partial charge in [-0.05, 0) is 34.7 Å². The van der Waals surface area contributed by atoms with E-state index in [-0.39, 0.29) is 5.91 Å². The van der Waals surface area contributed by atoms with Crippen LogP contribution in [-0.4, -0.2) is 76.3 Å². The van der Waals surface area contributed by atoms with Gasteiger partial charge in [-0.3, -0.25) is 9.69 Å². The highest BCUT2D eigenvalue weighted by Gasteiger charge is 2.24. The van der Waals surface area contributed by atoms with E-state index in [0.29, 0.717) is 61.3 Å². The first kappa shape index (κ1) is 21.6. The molecule has 0 spiro atoms. The average Bonchev–Trinajstić information content (AvgIpc) is 3.28. The third-order valence-electron chi connectivity index (χ3n) is 5.30. The molecule has 1 fully saturated rings. The minimum atomic E-state index is -0.967. The second-order valence-corrected chi connectivity index (χ2v) is 7.28. The lowest BCUT2D eigenvalue weighted by Crippen LogP contribution is -2.48. The number of hydrogen-bond donors (Lipinski definition) is 0. The molecule has 0 unspecified atom stereocenters. The number of piperazine rings is 1. The third kappa shape index (κ3) is 4.52. The topological polar surface area (TPSA) is 85.6 Å². The zero-order valence-electron chi connectivity index (χ0n) is 17.7. The van der Waals surface area contributed by atoms with Crippen LogP contribution in [0.15, 0.2) is 36.4 Å². The molecule has 1 aliphatic heterocycles. The van der Waals surface area contributed by atoms with Crippen LogP contribution in [0.2, 0.25) is 0 Å². The van der Waals surface area contributed by atoms with Gasteiger partial charge in [0.1, 0.15) is 11.5 Å². The molecule has 3 aromatic rings. The normalized spacial score (nSPS) is 14.4. The Balaban J connectivity index is 1.40. The minimum absolute atomic E-state index is 0.103.